The van der Waals surface area contributed by atoms with Gasteiger partial charge in [0.15, 0.2) is 6.10 Å². The van der Waals surface area contributed by atoms with Gasteiger partial charge >= 0.3 is 11.9 Å². The van der Waals surface area contributed by atoms with Crippen molar-refractivity contribution in [1.29, 1.82) is 0 Å². The molecule has 0 rings (SSSR count). The first-order valence-electron chi connectivity index (χ1n) is 20.9. The molecule has 0 aliphatic carbocycles. The summed E-state index contributed by atoms with van der Waals surface area (Å²) >= 11 is 0. The number of hydrogen-bond acceptors (Lipinski definition) is 5. The molecule has 0 spiro atoms. The summed E-state index contributed by atoms with van der Waals surface area (Å²) in [5.41, 5.74) is 0. The van der Waals surface area contributed by atoms with Gasteiger partial charge in [0.25, 0.3) is 0 Å². The van der Waals surface area contributed by atoms with Gasteiger partial charge in [-0.1, -0.05) is 186 Å². The van der Waals surface area contributed by atoms with Crippen molar-refractivity contribution in [2.24, 2.45) is 0 Å². The Labute approximate surface area is 298 Å². The molecule has 0 fully saturated rings. The molecule has 0 aromatic heterocycles. The van der Waals surface area contributed by atoms with Crippen molar-refractivity contribution < 1.29 is 24.2 Å². The second-order valence-corrected chi connectivity index (χ2v) is 14.1. The summed E-state index contributed by atoms with van der Waals surface area (Å²) in [6, 6.07) is 0. The van der Waals surface area contributed by atoms with Gasteiger partial charge in [-0.3, -0.25) is 9.59 Å². The van der Waals surface area contributed by atoms with Crippen LogP contribution in [0.25, 0.3) is 0 Å². The van der Waals surface area contributed by atoms with Crippen LogP contribution in [0.3, 0.4) is 0 Å². The largest absolute Gasteiger partial charge is 0.462 e. The van der Waals surface area contributed by atoms with Crippen LogP contribution < -0.4 is 0 Å². The summed E-state index contributed by atoms with van der Waals surface area (Å²) in [6.45, 7) is 4.13. The quantitative estimate of drug-likeness (QED) is 0.0400. The number of hydrogen-bond donors (Lipinski definition) is 1. The third-order valence-corrected chi connectivity index (χ3v) is 9.25. The van der Waals surface area contributed by atoms with Crippen molar-refractivity contribution in [3.05, 3.63) is 24.3 Å². The van der Waals surface area contributed by atoms with E-state index in [9.17, 15) is 14.7 Å². The molecule has 282 valence electrons. The zero-order valence-electron chi connectivity index (χ0n) is 32.0. The highest BCUT2D eigenvalue weighted by molar-refractivity contribution is 5.70. The molecule has 0 heterocycles. The highest BCUT2D eigenvalue weighted by Gasteiger charge is 2.16. The molecular weight excluding hydrogens is 596 g/mol. The Morgan fingerprint density at radius 3 is 1.27 bits per heavy atom. The third kappa shape index (κ3) is 37.2. The van der Waals surface area contributed by atoms with Crippen molar-refractivity contribution >= 4 is 11.9 Å². The van der Waals surface area contributed by atoms with Crippen LogP contribution in [0.5, 0.6) is 0 Å². The fourth-order valence-electron chi connectivity index (χ4n) is 6.06. The number of esters is 2. The van der Waals surface area contributed by atoms with Gasteiger partial charge in [0.05, 0.1) is 6.61 Å². The highest BCUT2D eigenvalue weighted by Crippen LogP contribution is 2.15. The van der Waals surface area contributed by atoms with E-state index in [2.05, 4.69) is 38.2 Å². The van der Waals surface area contributed by atoms with Crippen LogP contribution >= 0.6 is 0 Å². The van der Waals surface area contributed by atoms with Crippen LogP contribution in [0, 0.1) is 0 Å². The minimum Gasteiger partial charge on any atom is -0.462 e. The Kier molecular flexibility index (Phi) is 38.5. The average Bonchev–Trinajstić information content (AvgIpc) is 3.09. The number of carbonyl (C=O) groups is 2. The molecular formula is C43H80O5. The summed E-state index contributed by atoms with van der Waals surface area (Å²) in [5, 5.41) is 9.56. The lowest BCUT2D eigenvalue weighted by atomic mass is 10.0. The Morgan fingerprint density at radius 2 is 0.833 bits per heavy atom. The summed E-state index contributed by atoms with van der Waals surface area (Å²) in [7, 11) is 0. The maximum Gasteiger partial charge on any atom is 0.306 e. The molecule has 5 nitrogen and oxygen atoms in total. The van der Waals surface area contributed by atoms with Crippen molar-refractivity contribution in [1.82, 2.24) is 0 Å². The van der Waals surface area contributed by atoms with Gasteiger partial charge in [0, 0.05) is 12.8 Å². The molecule has 0 aliphatic heterocycles. The maximum absolute atomic E-state index is 12.2. The molecule has 0 aliphatic rings. The molecule has 0 saturated carbocycles. The van der Waals surface area contributed by atoms with E-state index in [-0.39, 0.29) is 25.2 Å². The summed E-state index contributed by atoms with van der Waals surface area (Å²) in [5.74, 6) is -0.586. The average molecular weight is 677 g/mol. The zero-order valence-corrected chi connectivity index (χ0v) is 32.0. The summed E-state index contributed by atoms with van der Waals surface area (Å²) in [4.78, 5) is 24.3. The van der Waals surface area contributed by atoms with Crippen LogP contribution in [-0.4, -0.2) is 36.4 Å². The normalized spacial score (nSPS) is 12.3. The Bertz CT molecular complexity index is 731. The molecule has 1 N–H and O–H groups in total. The lowest BCUT2D eigenvalue weighted by Gasteiger charge is -2.15. The number of carbonyl (C=O) groups excluding carboxylic acids is 2. The van der Waals surface area contributed by atoms with Crippen LogP contribution in [0.15, 0.2) is 24.3 Å². The van der Waals surface area contributed by atoms with Crippen LogP contribution in [0.1, 0.15) is 219 Å². The fraction of sp³-hybridized carbons (Fsp3) is 0.860. The first-order valence-corrected chi connectivity index (χ1v) is 20.9. The van der Waals surface area contributed by atoms with E-state index in [1.165, 1.54) is 148 Å². The molecule has 0 bridgehead atoms. The molecule has 0 aromatic rings. The highest BCUT2D eigenvalue weighted by atomic mass is 16.6. The van der Waals surface area contributed by atoms with Crippen LogP contribution in [0.2, 0.25) is 0 Å². The fourth-order valence-corrected chi connectivity index (χ4v) is 6.06. The Morgan fingerprint density at radius 1 is 0.479 bits per heavy atom. The third-order valence-electron chi connectivity index (χ3n) is 9.25. The van der Waals surface area contributed by atoms with Crippen molar-refractivity contribution in [2.75, 3.05) is 13.2 Å². The molecule has 48 heavy (non-hydrogen) atoms. The van der Waals surface area contributed by atoms with E-state index in [4.69, 9.17) is 9.47 Å². The maximum atomic E-state index is 12.2. The number of rotatable bonds is 38. The molecule has 0 aromatic carbocycles. The molecule has 0 radical (unpaired) electrons. The Hall–Kier alpha value is -1.62. The van der Waals surface area contributed by atoms with Gasteiger partial charge in [-0.05, 0) is 44.9 Å². The lowest BCUT2D eigenvalue weighted by Crippen LogP contribution is -2.28. The van der Waals surface area contributed by atoms with Crippen LogP contribution in [0.4, 0.5) is 0 Å². The predicted octanol–water partition coefficient (Wildman–Crippen LogP) is 13.1. The smallest absolute Gasteiger partial charge is 0.306 e. The van der Waals surface area contributed by atoms with Gasteiger partial charge in [0.1, 0.15) is 6.61 Å². The van der Waals surface area contributed by atoms with E-state index in [1.54, 1.807) is 0 Å². The van der Waals surface area contributed by atoms with Crippen molar-refractivity contribution in [3.63, 3.8) is 0 Å². The Balaban J connectivity index is 3.52. The monoisotopic (exact) mass is 677 g/mol. The summed E-state index contributed by atoms with van der Waals surface area (Å²) in [6.07, 6.45) is 46.7. The number of aliphatic hydroxyl groups excluding tert-OH is 1. The predicted molar refractivity (Wildman–Crippen MR) is 205 cm³/mol. The number of unbranched alkanes of at least 4 members (excludes halogenated alkanes) is 26. The first-order chi connectivity index (χ1) is 23.6. The minimum atomic E-state index is -0.768. The van der Waals surface area contributed by atoms with E-state index in [0.29, 0.717) is 12.8 Å². The van der Waals surface area contributed by atoms with Crippen LogP contribution in [-0.2, 0) is 19.1 Å². The van der Waals surface area contributed by atoms with Gasteiger partial charge < -0.3 is 14.6 Å². The van der Waals surface area contributed by atoms with Gasteiger partial charge in [-0.25, -0.2) is 0 Å². The van der Waals surface area contributed by atoms with E-state index in [1.807, 2.05) is 0 Å². The van der Waals surface area contributed by atoms with Crippen molar-refractivity contribution in [3.8, 4) is 0 Å². The molecule has 0 amide bonds. The van der Waals surface area contributed by atoms with Crippen molar-refractivity contribution in [2.45, 2.75) is 225 Å². The second kappa shape index (κ2) is 39.8. The van der Waals surface area contributed by atoms with Gasteiger partial charge in [0.2, 0.25) is 0 Å². The van der Waals surface area contributed by atoms with Gasteiger partial charge in [-0.15, -0.1) is 0 Å². The molecule has 1 unspecified atom stereocenters. The molecule has 5 heteroatoms. The van der Waals surface area contributed by atoms with E-state index >= 15 is 0 Å². The lowest BCUT2D eigenvalue weighted by molar-refractivity contribution is -0.161. The minimum absolute atomic E-state index is 0.0636. The number of ether oxygens (including phenoxy) is 2. The standard InChI is InChI=1S/C43H80O5/c1-3-5-7-9-11-13-15-17-19-20-21-22-24-25-27-29-31-33-35-37-42(45)47-40-41(39-44)48-43(46)38-36-34-32-30-28-26-23-18-16-14-12-10-8-6-4-2/h11,13,17,19,41,44H,3-10,12,14-16,18,20-40H2,1-2H3. The zero-order chi connectivity index (χ0) is 35.0. The topological polar surface area (TPSA) is 72.8 Å². The van der Waals surface area contributed by atoms with Gasteiger partial charge in [-0.2, -0.15) is 0 Å². The molecule has 1 atom stereocenters. The summed E-state index contributed by atoms with van der Waals surface area (Å²) < 4.78 is 10.6. The number of aliphatic hydroxyl groups is 1. The molecule has 0 saturated heterocycles. The first kappa shape index (κ1) is 46.4. The van der Waals surface area contributed by atoms with E-state index < -0.39 is 6.10 Å². The number of allylic oxidation sites excluding steroid dienone is 4. The SMILES string of the molecule is CCCCCC=CCC=CCCCCCCCCCCCC(=O)OCC(CO)OC(=O)CCCCCCCCCCCCCCCCC. The van der Waals surface area contributed by atoms with E-state index in [0.717, 1.165) is 44.9 Å². The second-order valence-electron chi connectivity index (χ2n) is 14.1.